The van der Waals surface area contributed by atoms with Crippen molar-refractivity contribution in [2.45, 2.75) is 52.6 Å². The first-order chi connectivity index (χ1) is 12.5. The van der Waals surface area contributed by atoms with Crippen LogP contribution in [0.2, 0.25) is 0 Å². The molecule has 0 aromatic heterocycles. The van der Waals surface area contributed by atoms with Crippen LogP contribution >= 0.6 is 0 Å². The summed E-state index contributed by atoms with van der Waals surface area (Å²) >= 11 is 0. The Morgan fingerprint density at radius 2 is 1.73 bits per heavy atom. The molecular formula is C22H29NO3. The molecule has 140 valence electrons. The lowest BCUT2D eigenvalue weighted by atomic mass is 9.98. The van der Waals surface area contributed by atoms with Crippen LogP contribution in [-0.2, 0) is 4.79 Å². The molecular weight excluding hydrogens is 326 g/mol. The van der Waals surface area contributed by atoms with Crippen molar-refractivity contribution in [2.24, 2.45) is 0 Å². The Labute approximate surface area is 156 Å². The van der Waals surface area contributed by atoms with Gasteiger partial charge in [-0.2, -0.15) is 0 Å². The minimum Gasteiger partial charge on any atom is -0.494 e. The standard InChI is InChI=1S/C22H29NO3/c1-5-15-25-19-13-11-18(12-14-19)23-22(24)17(4)26-21-10-8-7-9-20(21)16(3)6-2/h7-14,16-17H,5-6,15H2,1-4H3,(H,23,24). The van der Waals surface area contributed by atoms with Crippen molar-refractivity contribution >= 4 is 11.6 Å². The van der Waals surface area contributed by atoms with E-state index in [0.717, 1.165) is 35.6 Å². The molecule has 2 aromatic rings. The number of nitrogens with one attached hydrogen (secondary N) is 1. The summed E-state index contributed by atoms with van der Waals surface area (Å²) in [5, 5.41) is 2.89. The maximum Gasteiger partial charge on any atom is 0.265 e. The fourth-order valence-corrected chi connectivity index (χ4v) is 2.56. The minimum atomic E-state index is -0.587. The third-order valence-electron chi connectivity index (χ3n) is 4.33. The second kappa shape index (κ2) is 9.85. The Balaban J connectivity index is 1.98. The van der Waals surface area contributed by atoms with E-state index in [9.17, 15) is 4.79 Å². The van der Waals surface area contributed by atoms with Crippen molar-refractivity contribution < 1.29 is 14.3 Å². The van der Waals surface area contributed by atoms with Crippen LogP contribution in [0.5, 0.6) is 11.5 Å². The summed E-state index contributed by atoms with van der Waals surface area (Å²) in [5.41, 5.74) is 1.86. The minimum absolute atomic E-state index is 0.175. The maximum absolute atomic E-state index is 12.5. The van der Waals surface area contributed by atoms with Gasteiger partial charge in [-0.15, -0.1) is 0 Å². The maximum atomic E-state index is 12.5. The number of rotatable bonds is 9. The Bertz CT molecular complexity index is 697. The monoisotopic (exact) mass is 355 g/mol. The molecule has 1 amide bonds. The molecule has 4 heteroatoms. The number of ether oxygens (including phenoxy) is 2. The fraction of sp³-hybridized carbons (Fsp3) is 0.409. The summed E-state index contributed by atoms with van der Waals surface area (Å²) in [6.07, 6.45) is 1.40. The summed E-state index contributed by atoms with van der Waals surface area (Å²) in [4.78, 5) is 12.5. The summed E-state index contributed by atoms with van der Waals surface area (Å²) in [6.45, 7) is 8.82. The van der Waals surface area contributed by atoms with E-state index in [1.807, 2.05) is 42.5 Å². The van der Waals surface area contributed by atoms with Crippen LogP contribution in [0.25, 0.3) is 0 Å². The van der Waals surface area contributed by atoms with E-state index in [1.165, 1.54) is 0 Å². The highest BCUT2D eigenvalue weighted by Crippen LogP contribution is 2.29. The Hall–Kier alpha value is -2.49. The van der Waals surface area contributed by atoms with Crippen LogP contribution < -0.4 is 14.8 Å². The quantitative estimate of drug-likeness (QED) is 0.655. The van der Waals surface area contributed by atoms with Gasteiger partial charge >= 0.3 is 0 Å². The number of para-hydroxylation sites is 1. The normalized spacial score (nSPS) is 12.9. The van der Waals surface area contributed by atoms with Gasteiger partial charge in [0, 0.05) is 5.69 Å². The molecule has 2 atom stereocenters. The number of hydrogen-bond donors (Lipinski definition) is 1. The van der Waals surface area contributed by atoms with Gasteiger partial charge in [0.05, 0.1) is 6.61 Å². The molecule has 0 aliphatic heterocycles. The van der Waals surface area contributed by atoms with E-state index in [2.05, 4.69) is 32.2 Å². The zero-order chi connectivity index (χ0) is 18.9. The first-order valence-electron chi connectivity index (χ1n) is 9.34. The molecule has 0 radical (unpaired) electrons. The number of anilines is 1. The number of benzene rings is 2. The van der Waals surface area contributed by atoms with E-state index >= 15 is 0 Å². The number of amides is 1. The summed E-state index contributed by atoms with van der Waals surface area (Å²) in [7, 11) is 0. The van der Waals surface area contributed by atoms with Gasteiger partial charge in [0.2, 0.25) is 0 Å². The predicted molar refractivity (Wildman–Crippen MR) is 106 cm³/mol. The SMILES string of the molecule is CCCOc1ccc(NC(=O)C(C)Oc2ccccc2C(C)CC)cc1. The molecule has 4 nitrogen and oxygen atoms in total. The van der Waals surface area contributed by atoms with E-state index in [-0.39, 0.29) is 5.91 Å². The Morgan fingerprint density at radius 3 is 2.38 bits per heavy atom. The van der Waals surface area contributed by atoms with Crippen molar-refractivity contribution in [3.8, 4) is 11.5 Å². The number of carbonyl (C=O) groups excluding carboxylic acids is 1. The van der Waals surface area contributed by atoms with E-state index in [0.29, 0.717) is 12.5 Å². The summed E-state index contributed by atoms with van der Waals surface area (Å²) < 4.78 is 11.5. The largest absolute Gasteiger partial charge is 0.494 e. The van der Waals surface area contributed by atoms with Crippen LogP contribution in [0.1, 0.15) is 52.0 Å². The zero-order valence-corrected chi connectivity index (χ0v) is 16.1. The molecule has 2 aromatic carbocycles. The van der Waals surface area contributed by atoms with Crippen LogP contribution in [-0.4, -0.2) is 18.6 Å². The average Bonchev–Trinajstić information content (AvgIpc) is 2.67. The lowest BCUT2D eigenvalue weighted by Crippen LogP contribution is -2.30. The molecule has 26 heavy (non-hydrogen) atoms. The lowest BCUT2D eigenvalue weighted by molar-refractivity contribution is -0.122. The van der Waals surface area contributed by atoms with Crippen molar-refractivity contribution in [3.05, 3.63) is 54.1 Å². The fourth-order valence-electron chi connectivity index (χ4n) is 2.56. The van der Waals surface area contributed by atoms with Crippen LogP contribution in [0.4, 0.5) is 5.69 Å². The lowest BCUT2D eigenvalue weighted by Gasteiger charge is -2.19. The second-order valence-electron chi connectivity index (χ2n) is 6.47. The first kappa shape index (κ1) is 19.8. The predicted octanol–water partition coefficient (Wildman–Crippen LogP) is 5.39. The molecule has 2 rings (SSSR count). The molecule has 0 fully saturated rings. The van der Waals surface area contributed by atoms with Gasteiger partial charge in [-0.05, 0) is 61.6 Å². The molecule has 0 bridgehead atoms. The first-order valence-corrected chi connectivity index (χ1v) is 9.34. The molecule has 2 unspecified atom stereocenters. The van der Waals surface area contributed by atoms with Gasteiger partial charge in [-0.3, -0.25) is 4.79 Å². The highest BCUT2D eigenvalue weighted by Gasteiger charge is 2.18. The molecule has 0 saturated heterocycles. The molecule has 1 N–H and O–H groups in total. The summed E-state index contributed by atoms with van der Waals surface area (Å²) in [6, 6.07) is 15.3. The van der Waals surface area contributed by atoms with Crippen molar-refractivity contribution in [1.82, 2.24) is 0 Å². The smallest absolute Gasteiger partial charge is 0.265 e. The van der Waals surface area contributed by atoms with E-state index < -0.39 is 6.10 Å². The second-order valence-corrected chi connectivity index (χ2v) is 6.47. The van der Waals surface area contributed by atoms with Gasteiger partial charge in [0.1, 0.15) is 11.5 Å². The van der Waals surface area contributed by atoms with E-state index in [4.69, 9.17) is 9.47 Å². The molecule has 0 spiro atoms. The average molecular weight is 355 g/mol. The van der Waals surface area contributed by atoms with Gasteiger partial charge in [-0.25, -0.2) is 0 Å². The number of hydrogen-bond acceptors (Lipinski definition) is 3. The number of carbonyl (C=O) groups is 1. The van der Waals surface area contributed by atoms with Gasteiger partial charge < -0.3 is 14.8 Å². The molecule has 0 saturated carbocycles. The van der Waals surface area contributed by atoms with Crippen LogP contribution in [0.15, 0.2) is 48.5 Å². The Kier molecular flexibility index (Phi) is 7.52. The van der Waals surface area contributed by atoms with Crippen LogP contribution in [0.3, 0.4) is 0 Å². The van der Waals surface area contributed by atoms with Crippen LogP contribution in [0, 0.1) is 0 Å². The van der Waals surface area contributed by atoms with Crippen molar-refractivity contribution in [1.29, 1.82) is 0 Å². The van der Waals surface area contributed by atoms with E-state index in [1.54, 1.807) is 6.92 Å². The molecule has 0 aliphatic carbocycles. The van der Waals surface area contributed by atoms with Gasteiger partial charge in [0.25, 0.3) is 5.91 Å². The highest BCUT2D eigenvalue weighted by molar-refractivity contribution is 5.94. The molecule has 0 heterocycles. The van der Waals surface area contributed by atoms with Gasteiger partial charge in [0.15, 0.2) is 6.10 Å². The summed E-state index contributed by atoms with van der Waals surface area (Å²) in [5.74, 6) is 1.78. The third-order valence-corrected chi connectivity index (χ3v) is 4.33. The Morgan fingerprint density at radius 1 is 1.04 bits per heavy atom. The third kappa shape index (κ3) is 5.51. The van der Waals surface area contributed by atoms with Gasteiger partial charge in [-0.1, -0.05) is 39.0 Å². The van der Waals surface area contributed by atoms with Crippen molar-refractivity contribution in [3.63, 3.8) is 0 Å². The topological polar surface area (TPSA) is 47.6 Å². The molecule has 0 aliphatic rings. The highest BCUT2D eigenvalue weighted by atomic mass is 16.5. The van der Waals surface area contributed by atoms with Crippen molar-refractivity contribution in [2.75, 3.05) is 11.9 Å². The zero-order valence-electron chi connectivity index (χ0n) is 16.1.